The molecule has 1 aromatic carbocycles. The first-order valence-electron chi connectivity index (χ1n) is 6.52. The number of ether oxygens (including phenoxy) is 1. The molecule has 0 aliphatic carbocycles. The Labute approximate surface area is 105 Å². The SMILES string of the molecule is CCCCCCOc1cc(CO)cc(C)c1C. The standard InChI is InChI=1S/C15H24O2/c1-4-5-6-7-8-17-15-10-14(11-16)9-12(2)13(15)3/h9-10,16H,4-8,11H2,1-3H3. The molecule has 1 rings (SSSR count). The van der Waals surface area contributed by atoms with Crippen LogP contribution in [0, 0.1) is 13.8 Å². The summed E-state index contributed by atoms with van der Waals surface area (Å²) in [6.45, 7) is 7.18. The summed E-state index contributed by atoms with van der Waals surface area (Å²) in [5, 5.41) is 9.16. The molecular formula is C15H24O2. The Morgan fingerprint density at radius 3 is 2.53 bits per heavy atom. The predicted octanol–water partition coefficient (Wildman–Crippen LogP) is 3.75. The quantitative estimate of drug-likeness (QED) is 0.730. The number of unbranched alkanes of at least 4 members (excludes halogenated alkanes) is 3. The van der Waals surface area contributed by atoms with Crippen molar-refractivity contribution in [1.82, 2.24) is 0 Å². The molecule has 0 saturated heterocycles. The third-order valence-corrected chi connectivity index (χ3v) is 3.12. The molecule has 0 amide bonds. The summed E-state index contributed by atoms with van der Waals surface area (Å²) in [7, 11) is 0. The Balaban J connectivity index is 2.54. The van der Waals surface area contributed by atoms with Crippen LogP contribution in [0.4, 0.5) is 0 Å². The molecule has 0 spiro atoms. The van der Waals surface area contributed by atoms with Gasteiger partial charge in [-0.1, -0.05) is 32.3 Å². The zero-order valence-electron chi connectivity index (χ0n) is 11.3. The molecule has 2 nitrogen and oxygen atoms in total. The molecule has 0 bridgehead atoms. The van der Waals surface area contributed by atoms with E-state index in [9.17, 15) is 0 Å². The highest BCUT2D eigenvalue weighted by Gasteiger charge is 2.05. The van der Waals surface area contributed by atoms with E-state index in [4.69, 9.17) is 9.84 Å². The van der Waals surface area contributed by atoms with Gasteiger partial charge < -0.3 is 9.84 Å². The minimum atomic E-state index is 0.0767. The van der Waals surface area contributed by atoms with E-state index in [1.165, 1.54) is 30.4 Å². The second-order valence-corrected chi connectivity index (χ2v) is 4.60. The zero-order chi connectivity index (χ0) is 12.7. The summed E-state index contributed by atoms with van der Waals surface area (Å²) in [6.07, 6.45) is 4.86. The van der Waals surface area contributed by atoms with Gasteiger partial charge in [-0.3, -0.25) is 0 Å². The molecule has 0 unspecified atom stereocenters. The molecule has 96 valence electrons. The predicted molar refractivity (Wildman–Crippen MR) is 71.5 cm³/mol. The molecule has 0 aromatic heterocycles. The Kier molecular flexibility index (Phi) is 6.06. The Morgan fingerprint density at radius 2 is 1.88 bits per heavy atom. The van der Waals surface area contributed by atoms with E-state index in [-0.39, 0.29) is 6.61 Å². The van der Waals surface area contributed by atoms with Crippen molar-refractivity contribution in [2.45, 2.75) is 53.1 Å². The van der Waals surface area contributed by atoms with Crippen molar-refractivity contribution in [3.05, 3.63) is 28.8 Å². The van der Waals surface area contributed by atoms with Gasteiger partial charge in [0.05, 0.1) is 13.2 Å². The van der Waals surface area contributed by atoms with E-state index in [2.05, 4.69) is 20.8 Å². The van der Waals surface area contributed by atoms with Crippen LogP contribution in [-0.4, -0.2) is 11.7 Å². The molecule has 0 aliphatic heterocycles. The topological polar surface area (TPSA) is 29.5 Å². The first-order valence-corrected chi connectivity index (χ1v) is 6.52. The molecule has 2 heteroatoms. The second-order valence-electron chi connectivity index (χ2n) is 4.60. The third kappa shape index (κ3) is 4.39. The van der Waals surface area contributed by atoms with E-state index in [1.807, 2.05) is 12.1 Å². The highest BCUT2D eigenvalue weighted by Crippen LogP contribution is 2.24. The molecule has 1 N–H and O–H groups in total. The van der Waals surface area contributed by atoms with Crippen LogP contribution in [0.15, 0.2) is 12.1 Å². The lowest BCUT2D eigenvalue weighted by molar-refractivity contribution is 0.277. The Hall–Kier alpha value is -1.02. The number of rotatable bonds is 7. The van der Waals surface area contributed by atoms with Crippen molar-refractivity contribution in [3.8, 4) is 5.75 Å². The molecule has 17 heavy (non-hydrogen) atoms. The van der Waals surface area contributed by atoms with Crippen LogP contribution >= 0.6 is 0 Å². The molecule has 0 fully saturated rings. The van der Waals surface area contributed by atoms with Crippen LogP contribution in [0.5, 0.6) is 5.75 Å². The largest absolute Gasteiger partial charge is 0.493 e. The van der Waals surface area contributed by atoms with Crippen molar-refractivity contribution in [1.29, 1.82) is 0 Å². The van der Waals surface area contributed by atoms with Gasteiger partial charge in [0.25, 0.3) is 0 Å². The van der Waals surface area contributed by atoms with Crippen molar-refractivity contribution in [3.63, 3.8) is 0 Å². The van der Waals surface area contributed by atoms with Crippen LogP contribution < -0.4 is 4.74 Å². The van der Waals surface area contributed by atoms with E-state index in [0.717, 1.165) is 24.3 Å². The van der Waals surface area contributed by atoms with Crippen LogP contribution in [0.1, 0.15) is 49.3 Å². The van der Waals surface area contributed by atoms with Gasteiger partial charge in [-0.25, -0.2) is 0 Å². The van der Waals surface area contributed by atoms with Crippen LogP contribution in [0.2, 0.25) is 0 Å². The van der Waals surface area contributed by atoms with Crippen molar-refractivity contribution >= 4 is 0 Å². The lowest BCUT2D eigenvalue weighted by atomic mass is 10.1. The van der Waals surface area contributed by atoms with Gasteiger partial charge in [0, 0.05) is 0 Å². The Bertz CT molecular complexity index is 345. The summed E-state index contributed by atoms with van der Waals surface area (Å²) >= 11 is 0. The summed E-state index contributed by atoms with van der Waals surface area (Å²) in [4.78, 5) is 0. The fourth-order valence-electron chi connectivity index (χ4n) is 1.85. The van der Waals surface area contributed by atoms with Crippen LogP contribution in [-0.2, 0) is 6.61 Å². The second kappa shape index (κ2) is 7.33. The van der Waals surface area contributed by atoms with Gasteiger partial charge in [0.15, 0.2) is 0 Å². The lowest BCUT2D eigenvalue weighted by Crippen LogP contribution is -2.01. The third-order valence-electron chi connectivity index (χ3n) is 3.12. The van der Waals surface area contributed by atoms with E-state index in [1.54, 1.807) is 0 Å². The fourth-order valence-corrected chi connectivity index (χ4v) is 1.85. The van der Waals surface area contributed by atoms with Crippen LogP contribution in [0.25, 0.3) is 0 Å². The highest BCUT2D eigenvalue weighted by atomic mass is 16.5. The fraction of sp³-hybridized carbons (Fsp3) is 0.600. The van der Waals surface area contributed by atoms with Crippen molar-refractivity contribution < 1.29 is 9.84 Å². The summed E-state index contributed by atoms with van der Waals surface area (Å²) in [5.41, 5.74) is 3.29. The van der Waals surface area contributed by atoms with E-state index in [0.29, 0.717) is 0 Å². The number of benzene rings is 1. The van der Waals surface area contributed by atoms with Crippen molar-refractivity contribution in [2.24, 2.45) is 0 Å². The normalized spacial score (nSPS) is 10.6. The highest BCUT2D eigenvalue weighted by molar-refractivity contribution is 5.42. The zero-order valence-corrected chi connectivity index (χ0v) is 11.3. The van der Waals surface area contributed by atoms with E-state index >= 15 is 0 Å². The monoisotopic (exact) mass is 236 g/mol. The smallest absolute Gasteiger partial charge is 0.122 e. The van der Waals surface area contributed by atoms with Gasteiger partial charge in [0.1, 0.15) is 5.75 Å². The van der Waals surface area contributed by atoms with Crippen molar-refractivity contribution in [2.75, 3.05) is 6.61 Å². The van der Waals surface area contributed by atoms with Gasteiger partial charge >= 0.3 is 0 Å². The van der Waals surface area contributed by atoms with Gasteiger partial charge in [-0.15, -0.1) is 0 Å². The molecule has 0 heterocycles. The van der Waals surface area contributed by atoms with Gasteiger partial charge in [-0.05, 0) is 43.0 Å². The first-order chi connectivity index (χ1) is 8.19. The maximum Gasteiger partial charge on any atom is 0.122 e. The molecule has 0 saturated carbocycles. The van der Waals surface area contributed by atoms with Gasteiger partial charge in [0.2, 0.25) is 0 Å². The number of aryl methyl sites for hydroxylation is 1. The minimum absolute atomic E-state index is 0.0767. The number of hydrogen-bond donors (Lipinski definition) is 1. The molecule has 0 aliphatic rings. The molecule has 1 aromatic rings. The lowest BCUT2D eigenvalue weighted by Gasteiger charge is -2.12. The van der Waals surface area contributed by atoms with E-state index < -0.39 is 0 Å². The Morgan fingerprint density at radius 1 is 1.12 bits per heavy atom. The average Bonchev–Trinajstić information content (AvgIpc) is 2.33. The number of aliphatic hydroxyl groups excluding tert-OH is 1. The first kappa shape index (κ1) is 14.0. The number of aliphatic hydroxyl groups is 1. The molecule has 0 radical (unpaired) electrons. The average molecular weight is 236 g/mol. The van der Waals surface area contributed by atoms with Gasteiger partial charge in [-0.2, -0.15) is 0 Å². The summed E-state index contributed by atoms with van der Waals surface area (Å²) in [5.74, 6) is 0.922. The van der Waals surface area contributed by atoms with Crippen LogP contribution in [0.3, 0.4) is 0 Å². The summed E-state index contributed by atoms with van der Waals surface area (Å²) < 4.78 is 5.80. The summed E-state index contributed by atoms with van der Waals surface area (Å²) in [6, 6.07) is 3.96. The molecule has 0 atom stereocenters. The maximum absolute atomic E-state index is 9.16. The maximum atomic E-state index is 9.16. The molecular weight excluding hydrogens is 212 g/mol. The number of hydrogen-bond acceptors (Lipinski definition) is 2. The minimum Gasteiger partial charge on any atom is -0.493 e.